The molecule has 208 valence electrons. The van der Waals surface area contributed by atoms with E-state index in [2.05, 4.69) is 55.5 Å². The SMILES string of the molecule is CCCCCC/C=C/CC/C=C/CCCCCCCCCCCC/C=C/CC/C=C/CCCC(=O)O. The Hall–Kier alpha value is -1.57. The molecule has 0 rings (SSSR count). The van der Waals surface area contributed by atoms with E-state index in [0.29, 0.717) is 0 Å². The number of carbonyl (C=O) groups is 1. The second-order valence-electron chi connectivity index (χ2n) is 10.3. The number of hydrogen-bond donors (Lipinski definition) is 1. The summed E-state index contributed by atoms with van der Waals surface area (Å²) in [4.78, 5) is 10.4. The highest BCUT2D eigenvalue weighted by molar-refractivity contribution is 5.66. The van der Waals surface area contributed by atoms with Crippen LogP contribution in [0.1, 0.15) is 161 Å². The van der Waals surface area contributed by atoms with Gasteiger partial charge in [0.1, 0.15) is 0 Å². The van der Waals surface area contributed by atoms with Gasteiger partial charge in [0.05, 0.1) is 0 Å². The average molecular weight is 501 g/mol. The Balaban J connectivity index is 3.21. The average Bonchev–Trinajstić information content (AvgIpc) is 2.87. The summed E-state index contributed by atoms with van der Waals surface area (Å²) in [5.74, 6) is -0.696. The zero-order valence-corrected chi connectivity index (χ0v) is 23.9. The lowest BCUT2D eigenvalue weighted by atomic mass is 10.0. The molecule has 0 aromatic heterocycles. The molecule has 2 nitrogen and oxygen atoms in total. The lowest BCUT2D eigenvalue weighted by Gasteiger charge is -2.02. The quantitative estimate of drug-likeness (QED) is 0.0856. The van der Waals surface area contributed by atoms with Gasteiger partial charge in [0, 0.05) is 6.42 Å². The van der Waals surface area contributed by atoms with Gasteiger partial charge in [-0.3, -0.25) is 4.79 Å². The van der Waals surface area contributed by atoms with Gasteiger partial charge in [-0.25, -0.2) is 0 Å². The Kier molecular flexibility index (Phi) is 30.1. The highest BCUT2D eigenvalue weighted by Crippen LogP contribution is 2.13. The van der Waals surface area contributed by atoms with Crippen LogP contribution >= 0.6 is 0 Å². The van der Waals surface area contributed by atoms with Crippen molar-refractivity contribution in [1.82, 2.24) is 0 Å². The van der Waals surface area contributed by atoms with E-state index in [-0.39, 0.29) is 6.42 Å². The maximum atomic E-state index is 10.4. The van der Waals surface area contributed by atoms with Crippen molar-refractivity contribution in [1.29, 1.82) is 0 Å². The van der Waals surface area contributed by atoms with E-state index in [1.54, 1.807) is 0 Å². The van der Waals surface area contributed by atoms with Gasteiger partial charge >= 0.3 is 5.97 Å². The molecule has 0 aromatic carbocycles. The minimum atomic E-state index is -0.696. The predicted octanol–water partition coefficient (Wildman–Crippen LogP) is 11.7. The van der Waals surface area contributed by atoms with Crippen molar-refractivity contribution >= 4 is 5.97 Å². The van der Waals surface area contributed by atoms with Crippen molar-refractivity contribution in [3.63, 3.8) is 0 Å². The van der Waals surface area contributed by atoms with Crippen LogP contribution in [0.25, 0.3) is 0 Å². The molecule has 0 aliphatic carbocycles. The monoisotopic (exact) mass is 500 g/mol. The molecule has 0 atom stereocenters. The van der Waals surface area contributed by atoms with E-state index in [0.717, 1.165) is 25.7 Å². The second-order valence-corrected chi connectivity index (χ2v) is 10.3. The lowest BCUT2D eigenvalue weighted by Crippen LogP contribution is -1.92. The Morgan fingerprint density at radius 3 is 1.03 bits per heavy atom. The molecule has 0 unspecified atom stereocenters. The first-order valence-electron chi connectivity index (χ1n) is 15.6. The van der Waals surface area contributed by atoms with Crippen LogP contribution < -0.4 is 0 Å². The number of hydrogen-bond acceptors (Lipinski definition) is 1. The van der Waals surface area contributed by atoms with Gasteiger partial charge in [0.25, 0.3) is 0 Å². The molecule has 0 spiro atoms. The number of unbranched alkanes of at least 4 members (excludes halogenated alkanes) is 18. The van der Waals surface area contributed by atoms with E-state index < -0.39 is 5.97 Å². The lowest BCUT2D eigenvalue weighted by molar-refractivity contribution is -0.137. The molecule has 0 bridgehead atoms. The molecular formula is C34H60O2. The van der Waals surface area contributed by atoms with Gasteiger partial charge in [-0.15, -0.1) is 0 Å². The van der Waals surface area contributed by atoms with Gasteiger partial charge < -0.3 is 5.11 Å². The van der Waals surface area contributed by atoms with E-state index in [9.17, 15) is 4.79 Å². The third kappa shape index (κ3) is 32.4. The molecule has 0 heterocycles. The molecule has 0 amide bonds. The number of aliphatic carboxylic acids is 1. The number of allylic oxidation sites excluding steroid dienone is 8. The fraction of sp³-hybridized carbons (Fsp3) is 0.735. The van der Waals surface area contributed by atoms with E-state index >= 15 is 0 Å². The Bertz CT molecular complexity index is 556. The van der Waals surface area contributed by atoms with Crippen molar-refractivity contribution in [2.75, 3.05) is 0 Å². The molecule has 2 heteroatoms. The summed E-state index contributed by atoms with van der Waals surface area (Å²) in [6, 6.07) is 0. The third-order valence-electron chi connectivity index (χ3n) is 6.64. The van der Waals surface area contributed by atoms with Gasteiger partial charge in [0.15, 0.2) is 0 Å². The molecule has 0 fully saturated rings. The molecule has 0 aliphatic heterocycles. The summed E-state index contributed by atoms with van der Waals surface area (Å²) in [5.41, 5.74) is 0. The van der Waals surface area contributed by atoms with Crippen LogP contribution in [0, 0.1) is 0 Å². The summed E-state index contributed by atoms with van der Waals surface area (Å²) < 4.78 is 0. The topological polar surface area (TPSA) is 37.3 Å². The van der Waals surface area contributed by atoms with E-state index in [1.807, 2.05) is 0 Å². The van der Waals surface area contributed by atoms with Gasteiger partial charge in [-0.2, -0.15) is 0 Å². The maximum absolute atomic E-state index is 10.4. The predicted molar refractivity (Wildman–Crippen MR) is 161 cm³/mol. The summed E-state index contributed by atoms with van der Waals surface area (Å²) in [7, 11) is 0. The van der Waals surface area contributed by atoms with Gasteiger partial charge in [0.2, 0.25) is 0 Å². The summed E-state index contributed by atoms with van der Waals surface area (Å²) >= 11 is 0. The first-order valence-corrected chi connectivity index (χ1v) is 15.6. The number of carboxylic acids is 1. The minimum absolute atomic E-state index is 0.278. The Labute approximate surface area is 225 Å². The molecule has 0 radical (unpaired) electrons. The fourth-order valence-corrected chi connectivity index (χ4v) is 4.33. The van der Waals surface area contributed by atoms with Crippen molar-refractivity contribution in [2.24, 2.45) is 0 Å². The van der Waals surface area contributed by atoms with Crippen LogP contribution in [-0.2, 0) is 4.79 Å². The van der Waals surface area contributed by atoms with Crippen molar-refractivity contribution in [3.05, 3.63) is 48.6 Å². The van der Waals surface area contributed by atoms with E-state index in [4.69, 9.17) is 5.11 Å². The molecular weight excluding hydrogens is 440 g/mol. The van der Waals surface area contributed by atoms with Crippen LogP contribution in [-0.4, -0.2) is 11.1 Å². The normalized spacial score (nSPS) is 12.2. The van der Waals surface area contributed by atoms with Crippen molar-refractivity contribution in [3.8, 4) is 0 Å². The van der Waals surface area contributed by atoms with Gasteiger partial charge in [-0.05, 0) is 77.0 Å². The number of rotatable bonds is 28. The zero-order valence-electron chi connectivity index (χ0n) is 23.9. The summed E-state index contributed by atoms with van der Waals surface area (Å²) in [5, 5.41) is 8.59. The van der Waals surface area contributed by atoms with Crippen LogP contribution in [0.15, 0.2) is 48.6 Å². The maximum Gasteiger partial charge on any atom is 0.303 e. The summed E-state index contributed by atoms with van der Waals surface area (Å²) in [6.45, 7) is 2.27. The van der Waals surface area contributed by atoms with Gasteiger partial charge in [-0.1, -0.05) is 126 Å². The largest absolute Gasteiger partial charge is 0.481 e. The summed E-state index contributed by atoms with van der Waals surface area (Å²) in [6.07, 6.45) is 48.1. The van der Waals surface area contributed by atoms with E-state index in [1.165, 1.54) is 122 Å². The van der Waals surface area contributed by atoms with Crippen LogP contribution in [0.3, 0.4) is 0 Å². The Morgan fingerprint density at radius 2 is 0.694 bits per heavy atom. The van der Waals surface area contributed by atoms with Crippen LogP contribution in [0.2, 0.25) is 0 Å². The third-order valence-corrected chi connectivity index (χ3v) is 6.64. The molecule has 0 aliphatic rings. The number of carboxylic acid groups (broad SMARTS) is 1. The first-order chi connectivity index (χ1) is 17.8. The molecule has 36 heavy (non-hydrogen) atoms. The first kappa shape index (κ1) is 34.4. The molecule has 0 aromatic rings. The standard InChI is InChI=1S/C34H60O2/c1-2-3-4-5-6-7-8-9-10-11-12-13-14-15-16-17-18-19-20-21-22-23-24-25-26-27-28-29-30-31-32-33-34(35)36/h7-8,11-12,25-26,29-30H,2-6,9-10,13-24,27-28,31-33H2,1H3,(H,35,36)/b8-7+,12-11+,26-25+,30-29+. The smallest absolute Gasteiger partial charge is 0.303 e. The second kappa shape index (κ2) is 31.5. The fourth-order valence-electron chi connectivity index (χ4n) is 4.33. The molecule has 0 saturated carbocycles. The minimum Gasteiger partial charge on any atom is -0.481 e. The highest BCUT2D eigenvalue weighted by atomic mass is 16.4. The highest BCUT2D eigenvalue weighted by Gasteiger charge is 1.94. The van der Waals surface area contributed by atoms with Crippen LogP contribution in [0.4, 0.5) is 0 Å². The molecule has 0 saturated heterocycles. The van der Waals surface area contributed by atoms with Crippen molar-refractivity contribution < 1.29 is 9.90 Å². The zero-order chi connectivity index (χ0) is 26.2. The van der Waals surface area contributed by atoms with Crippen molar-refractivity contribution in [2.45, 2.75) is 161 Å². The molecule has 1 N–H and O–H groups in total. The Morgan fingerprint density at radius 1 is 0.417 bits per heavy atom. The van der Waals surface area contributed by atoms with Crippen LogP contribution in [0.5, 0.6) is 0 Å².